The van der Waals surface area contributed by atoms with Crippen LogP contribution in [-0.2, 0) is 0 Å². The lowest BCUT2D eigenvalue weighted by molar-refractivity contribution is 0.465. The predicted molar refractivity (Wildman–Crippen MR) is 68.4 cm³/mol. The third-order valence-electron chi connectivity index (χ3n) is 1.94. The van der Waals surface area contributed by atoms with E-state index in [1.165, 1.54) is 11.8 Å². The summed E-state index contributed by atoms with van der Waals surface area (Å²) in [6.07, 6.45) is 0. The number of thioether (sulfide) groups is 1. The highest BCUT2D eigenvalue weighted by molar-refractivity contribution is 9.10. The van der Waals surface area contributed by atoms with E-state index in [9.17, 15) is 0 Å². The molecule has 1 heterocycles. The molecule has 17 heavy (non-hydrogen) atoms. The number of benzene rings is 1. The number of nitrogens with zero attached hydrogens (tertiary/aromatic N) is 3. The average molecular weight is 310 g/mol. The molecular formula is C11H8BrN3OS. The monoisotopic (exact) mass is 309 g/mol. The largest absolute Gasteiger partial charge is 0.411 e. The summed E-state index contributed by atoms with van der Waals surface area (Å²) >= 11 is 4.63. The zero-order chi connectivity index (χ0) is 12.3. The Morgan fingerprint density at radius 1 is 1.47 bits per heavy atom. The summed E-state index contributed by atoms with van der Waals surface area (Å²) in [7, 11) is 0. The van der Waals surface area contributed by atoms with E-state index in [1.54, 1.807) is 6.92 Å². The first-order valence-electron chi connectivity index (χ1n) is 4.85. The summed E-state index contributed by atoms with van der Waals surface area (Å²) < 4.78 is 6.42. The Morgan fingerprint density at radius 2 is 2.29 bits per heavy atom. The van der Waals surface area contributed by atoms with Crippen molar-refractivity contribution in [2.75, 3.05) is 0 Å². The van der Waals surface area contributed by atoms with Crippen molar-refractivity contribution < 1.29 is 4.42 Å². The Kier molecular flexibility index (Phi) is 3.82. The van der Waals surface area contributed by atoms with Crippen molar-refractivity contribution in [2.24, 2.45) is 0 Å². The highest BCUT2D eigenvalue weighted by Crippen LogP contribution is 2.26. The number of hydrogen-bond acceptors (Lipinski definition) is 5. The Bertz CT molecular complexity index is 564. The Balaban J connectivity index is 2.21. The smallest absolute Gasteiger partial charge is 0.278 e. The van der Waals surface area contributed by atoms with Gasteiger partial charge in [0, 0.05) is 10.0 Å². The van der Waals surface area contributed by atoms with Gasteiger partial charge in [0.2, 0.25) is 5.89 Å². The van der Waals surface area contributed by atoms with Crippen LogP contribution in [0.3, 0.4) is 0 Å². The van der Waals surface area contributed by atoms with Crippen molar-refractivity contribution in [3.63, 3.8) is 0 Å². The van der Waals surface area contributed by atoms with E-state index < -0.39 is 0 Å². The lowest BCUT2D eigenvalue weighted by Crippen LogP contribution is -1.88. The Hall–Kier alpha value is -1.32. The van der Waals surface area contributed by atoms with Crippen LogP contribution in [0.4, 0.5) is 0 Å². The van der Waals surface area contributed by atoms with Gasteiger partial charge in [-0.1, -0.05) is 22.0 Å². The van der Waals surface area contributed by atoms with Crippen LogP contribution in [0.2, 0.25) is 0 Å². The van der Waals surface area contributed by atoms with Crippen molar-refractivity contribution in [1.29, 1.82) is 5.26 Å². The van der Waals surface area contributed by atoms with E-state index in [-0.39, 0.29) is 5.25 Å². The van der Waals surface area contributed by atoms with Crippen LogP contribution in [0.1, 0.15) is 6.92 Å². The molecule has 6 heteroatoms. The number of rotatable bonds is 3. The third kappa shape index (κ3) is 3.08. The molecule has 0 N–H and O–H groups in total. The fourth-order valence-electron chi connectivity index (χ4n) is 1.17. The van der Waals surface area contributed by atoms with Gasteiger partial charge in [-0.25, -0.2) is 0 Å². The van der Waals surface area contributed by atoms with Gasteiger partial charge in [-0.15, -0.1) is 10.2 Å². The first kappa shape index (κ1) is 12.1. The van der Waals surface area contributed by atoms with Crippen LogP contribution >= 0.6 is 27.7 Å². The molecule has 0 saturated heterocycles. The lowest BCUT2D eigenvalue weighted by atomic mass is 10.2. The van der Waals surface area contributed by atoms with E-state index in [1.807, 2.05) is 24.3 Å². The summed E-state index contributed by atoms with van der Waals surface area (Å²) in [6.45, 7) is 1.79. The summed E-state index contributed by atoms with van der Waals surface area (Å²) in [5.74, 6) is 0.457. The van der Waals surface area contributed by atoms with Gasteiger partial charge in [0.15, 0.2) is 0 Å². The molecule has 0 amide bonds. The van der Waals surface area contributed by atoms with E-state index in [0.29, 0.717) is 11.1 Å². The highest BCUT2D eigenvalue weighted by Gasteiger charge is 2.12. The maximum absolute atomic E-state index is 8.69. The van der Waals surface area contributed by atoms with Gasteiger partial charge in [-0.2, -0.15) is 5.26 Å². The maximum atomic E-state index is 8.69. The second-order valence-electron chi connectivity index (χ2n) is 3.27. The quantitative estimate of drug-likeness (QED) is 0.812. The second kappa shape index (κ2) is 5.34. The van der Waals surface area contributed by atoms with Crippen LogP contribution < -0.4 is 0 Å². The first-order chi connectivity index (χ1) is 8.19. The molecule has 0 fully saturated rings. The van der Waals surface area contributed by atoms with Crippen molar-refractivity contribution in [3.05, 3.63) is 28.7 Å². The van der Waals surface area contributed by atoms with Crippen molar-refractivity contribution in [1.82, 2.24) is 10.2 Å². The lowest BCUT2D eigenvalue weighted by Gasteiger charge is -1.96. The van der Waals surface area contributed by atoms with Crippen LogP contribution in [-0.4, -0.2) is 15.4 Å². The number of halogens is 1. The maximum Gasteiger partial charge on any atom is 0.278 e. The van der Waals surface area contributed by atoms with Gasteiger partial charge in [0.25, 0.3) is 5.22 Å². The minimum atomic E-state index is -0.203. The van der Waals surface area contributed by atoms with Crippen LogP contribution in [0.15, 0.2) is 38.4 Å². The Labute approximate surface area is 111 Å². The van der Waals surface area contributed by atoms with E-state index >= 15 is 0 Å². The molecule has 1 aromatic carbocycles. The van der Waals surface area contributed by atoms with Crippen LogP contribution in [0.5, 0.6) is 0 Å². The van der Waals surface area contributed by atoms with Crippen molar-refractivity contribution in [2.45, 2.75) is 17.4 Å². The minimum Gasteiger partial charge on any atom is -0.411 e. The van der Waals surface area contributed by atoms with Gasteiger partial charge in [0.05, 0.1) is 11.3 Å². The summed E-state index contributed by atoms with van der Waals surface area (Å²) in [6, 6.07) is 9.71. The summed E-state index contributed by atoms with van der Waals surface area (Å²) in [5, 5.41) is 16.7. The highest BCUT2D eigenvalue weighted by atomic mass is 79.9. The average Bonchev–Trinajstić information content (AvgIpc) is 2.77. The first-order valence-corrected chi connectivity index (χ1v) is 6.52. The van der Waals surface area contributed by atoms with Crippen molar-refractivity contribution >= 4 is 27.7 Å². The molecule has 0 radical (unpaired) electrons. The topological polar surface area (TPSA) is 62.7 Å². The number of nitriles is 1. The van der Waals surface area contributed by atoms with Gasteiger partial charge in [0.1, 0.15) is 0 Å². The Morgan fingerprint density at radius 3 is 3.00 bits per heavy atom. The SMILES string of the molecule is CC(C#N)Sc1nnc(-c2cccc(Br)c2)o1. The molecule has 2 rings (SSSR count). The molecule has 0 aliphatic rings. The third-order valence-corrected chi connectivity index (χ3v) is 3.26. The zero-order valence-electron chi connectivity index (χ0n) is 8.92. The fraction of sp³-hybridized carbons (Fsp3) is 0.182. The molecule has 0 saturated carbocycles. The molecule has 4 nitrogen and oxygen atoms in total. The van der Waals surface area contributed by atoms with Gasteiger partial charge >= 0.3 is 0 Å². The molecule has 1 atom stereocenters. The molecule has 1 aromatic heterocycles. The minimum absolute atomic E-state index is 0.203. The van der Waals surface area contributed by atoms with Crippen molar-refractivity contribution in [3.8, 4) is 17.5 Å². The summed E-state index contributed by atoms with van der Waals surface area (Å²) in [4.78, 5) is 0. The van der Waals surface area contributed by atoms with Gasteiger partial charge in [-0.05, 0) is 36.9 Å². The van der Waals surface area contributed by atoms with Gasteiger partial charge < -0.3 is 4.42 Å². The molecule has 86 valence electrons. The fourth-order valence-corrected chi connectivity index (χ4v) is 2.14. The van der Waals surface area contributed by atoms with Gasteiger partial charge in [-0.3, -0.25) is 0 Å². The number of aromatic nitrogens is 2. The molecular weight excluding hydrogens is 302 g/mol. The molecule has 0 bridgehead atoms. The van der Waals surface area contributed by atoms with E-state index in [0.717, 1.165) is 10.0 Å². The predicted octanol–water partition coefficient (Wildman–Crippen LogP) is 3.50. The summed E-state index contributed by atoms with van der Waals surface area (Å²) in [5.41, 5.74) is 0.850. The van der Waals surface area contributed by atoms with Crippen LogP contribution in [0.25, 0.3) is 11.5 Å². The molecule has 0 aliphatic heterocycles. The standard InChI is InChI=1S/C11H8BrN3OS/c1-7(6-13)17-11-15-14-10(16-11)8-3-2-4-9(12)5-8/h2-5,7H,1H3. The van der Waals surface area contributed by atoms with E-state index in [4.69, 9.17) is 9.68 Å². The van der Waals surface area contributed by atoms with E-state index in [2.05, 4.69) is 32.2 Å². The van der Waals surface area contributed by atoms with Crippen LogP contribution in [0, 0.1) is 11.3 Å². The molecule has 0 aliphatic carbocycles. The molecule has 0 spiro atoms. The second-order valence-corrected chi connectivity index (χ2v) is 5.48. The molecule has 2 aromatic rings. The molecule has 1 unspecified atom stereocenters. The zero-order valence-corrected chi connectivity index (χ0v) is 11.3. The number of hydrogen-bond donors (Lipinski definition) is 0. The normalized spacial score (nSPS) is 12.1.